The Morgan fingerprint density at radius 1 is 1.23 bits per heavy atom. The number of phenolic OH excluding ortho intramolecular Hbond substituents is 1. The Labute approximate surface area is 136 Å². The molecule has 0 bridgehead atoms. The number of aryl methyl sites for hydroxylation is 1. The summed E-state index contributed by atoms with van der Waals surface area (Å²) in [4.78, 5) is 2.38. The standard InChI is InChI=1S/C18H20ClNO2/c1-13-10-14(2-7-17(13)21)11-20-8-9-22-18(12-20)15-3-5-16(19)6-4-15/h2-7,10,18,21H,8-9,11-12H2,1H3. The lowest BCUT2D eigenvalue weighted by Gasteiger charge is -2.33. The van der Waals surface area contributed by atoms with E-state index in [1.165, 1.54) is 5.56 Å². The summed E-state index contributed by atoms with van der Waals surface area (Å²) < 4.78 is 5.89. The summed E-state index contributed by atoms with van der Waals surface area (Å²) in [6.07, 6.45) is 0.0872. The lowest BCUT2D eigenvalue weighted by molar-refractivity contribution is -0.0329. The molecule has 1 N–H and O–H groups in total. The molecule has 22 heavy (non-hydrogen) atoms. The third-order valence-electron chi connectivity index (χ3n) is 4.06. The number of aromatic hydroxyl groups is 1. The number of hydrogen-bond donors (Lipinski definition) is 1. The molecule has 1 fully saturated rings. The van der Waals surface area contributed by atoms with Crippen LogP contribution in [0.25, 0.3) is 0 Å². The summed E-state index contributed by atoms with van der Waals surface area (Å²) in [5, 5.41) is 10.4. The SMILES string of the molecule is Cc1cc(CN2CCOC(c3ccc(Cl)cc3)C2)ccc1O. The normalized spacial score (nSPS) is 19.3. The molecule has 1 aliphatic heterocycles. The van der Waals surface area contributed by atoms with E-state index in [1.807, 2.05) is 43.3 Å². The maximum absolute atomic E-state index is 9.62. The third kappa shape index (κ3) is 3.61. The monoisotopic (exact) mass is 317 g/mol. The molecule has 0 aromatic heterocycles. The van der Waals surface area contributed by atoms with E-state index in [0.717, 1.165) is 42.4 Å². The van der Waals surface area contributed by atoms with Gasteiger partial charge in [-0.25, -0.2) is 0 Å². The lowest BCUT2D eigenvalue weighted by Crippen LogP contribution is -2.37. The molecule has 0 aliphatic carbocycles. The molecule has 1 unspecified atom stereocenters. The van der Waals surface area contributed by atoms with Gasteiger partial charge in [-0.3, -0.25) is 4.90 Å². The zero-order valence-corrected chi connectivity index (χ0v) is 13.4. The molecule has 1 aliphatic rings. The fourth-order valence-electron chi connectivity index (χ4n) is 2.80. The first kappa shape index (κ1) is 15.3. The van der Waals surface area contributed by atoms with Crippen molar-refractivity contribution in [3.63, 3.8) is 0 Å². The molecule has 0 amide bonds. The number of nitrogens with zero attached hydrogens (tertiary/aromatic N) is 1. The second kappa shape index (κ2) is 6.69. The Morgan fingerprint density at radius 3 is 2.73 bits per heavy atom. The minimum absolute atomic E-state index is 0.0872. The molecule has 1 saturated heterocycles. The van der Waals surface area contributed by atoms with Crippen LogP contribution in [0.2, 0.25) is 5.02 Å². The van der Waals surface area contributed by atoms with Crippen LogP contribution in [0.5, 0.6) is 5.75 Å². The highest BCUT2D eigenvalue weighted by Gasteiger charge is 2.22. The number of ether oxygens (including phenoxy) is 1. The van der Waals surface area contributed by atoms with Crippen molar-refractivity contribution in [2.24, 2.45) is 0 Å². The first-order valence-corrected chi connectivity index (χ1v) is 7.87. The minimum atomic E-state index is 0.0872. The molecule has 4 heteroatoms. The van der Waals surface area contributed by atoms with Crippen molar-refractivity contribution in [2.75, 3.05) is 19.7 Å². The maximum atomic E-state index is 9.62. The van der Waals surface area contributed by atoms with Gasteiger partial charge in [-0.2, -0.15) is 0 Å². The molecular weight excluding hydrogens is 298 g/mol. The Kier molecular flexibility index (Phi) is 4.67. The molecule has 0 spiro atoms. The average molecular weight is 318 g/mol. The van der Waals surface area contributed by atoms with Gasteiger partial charge < -0.3 is 9.84 Å². The van der Waals surface area contributed by atoms with Crippen molar-refractivity contribution in [2.45, 2.75) is 19.6 Å². The van der Waals surface area contributed by atoms with Crippen molar-refractivity contribution in [1.29, 1.82) is 0 Å². The van der Waals surface area contributed by atoms with Gasteiger partial charge in [0.25, 0.3) is 0 Å². The van der Waals surface area contributed by atoms with Crippen LogP contribution in [0.1, 0.15) is 22.8 Å². The predicted molar refractivity (Wildman–Crippen MR) is 88.3 cm³/mol. The lowest BCUT2D eigenvalue weighted by atomic mass is 10.1. The van der Waals surface area contributed by atoms with E-state index in [2.05, 4.69) is 4.90 Å². The van der Waals surface area contributed by atoms with Gasteiger partial charge in [0.05, 0.1) is 12.7 Å². The zero-order valence-electron chi connectivity index (χ0n) is 12.6. The van der Waals surface area contributed by atoms with Crippen LogP contribution < -0.4 is 0 Å². The Balaban J connectivity index is 1.67. The fraction of sp³-hybridized carbons (Fsp3) is 0.333. The van der Waals surface area contributed by atoms with Gasteiger partial charge >= 0.3 is 0 Å². The molecule has 2 aromatic rings. The molecule has 1 heterocycles. The van der Waals surface area contributed by atoms with E-state index in [1.54, 1.807) is 6.07 Å². The third-order valence-corrected chi connectivity index (χ3v) is 4.31. The van der Waals surface area contributed by atoms with Crippen LogP contribution in [-0.2, 0) is 11.3 Å². The number of benzene rings is 2. The van der Waals surface area contributed by atoms with Crippen molar-refractivity contribution < 1.29 is 9.84 Å². The molecule has 116 valence electrons. The van der Waals surface area contributed by atoms with Crippen molar-refractivity contribution in [3.05, 3.63) is 64.2 Å². The van der Waals surface area contributed by atoms with Gasteiger partial charge in [0, 0.05) is 24.7 Å². The number of phenols is 1. The Hall–Kier alpha value is -1.55. The van der Waals surface area contributed by atoms with Crippen LogP contribution in [-0.4, -0.2) is 29.7 Å². The molecule has 3 rings (SSSR count). The van der Waals surface area contributed by atoms with E-state index < -0.39 is 0 Å². The number of hydrogen-bond acceptors (Lipinski definition) is 3. The first-order chi connectivity index (χ1) is 10.6. The number of morpholine rings is 1. The predicted octanol–water partition coefficient (Wildman–Crippen LogP) is 3.93. The summed E-state index contributed by atoms with van der Waals surface area (Å²) in [6, 6.07) is 13.7. The van der Waals surface area contributed by atoms with Crippen molar-refractivity contribution >= 4 is 11.6 Å². The minimum Gasteiger partial charge on any atom is -0.508 e. The summed E-state index contributed by atoms with van der Waals surface area (Å²) in [5.41, 5.74) is 3.29. The van der Waals surface area contributed by atoms with Gasteiger partial charge in [-0.1, -0.05) is 35.9 Å². The van der Waals surface area contributed by atoms with E-state index in [9.17, 15) is 5.11 Å². The largest absolute Gasteiger partial charge is 0.508 e. The smallest absolute Gasteiger partial charge is 0.118 e. The van der Waals surface area contributed by atoms with Gasteiger partial charge in [-0.15, -0.1) is 0 Å². The van der Waals surface area contributed by atoms with Gasteiger partial charge in [0.2, 0.25) is 0 Å². The van der Waals surface area contributed by atoms with E-state index in [0.29, 0.717) is 5.75 Å². The summed E-state index contributed by atoms with van der Waals surface area (Å²) in [6.45, 7) is 5.30. The van der Waals surface area contributed by atoms with Crippen LogP contribution in [0.3, 0.4) is 0 Å². The zero-order chi connectivity index (χ0) is 15.5. The second-order valence-electron chi connectivity index (χ2n) is 5.77. The molecular formula is C18H20ClNO2. The quantitative estimate of drug-likeness (QED) is 0.931. The van der Waals surface area contributed by atoms with Gasteiger partial charge in [0.15, 0.2) is 0 Å². The summed E-state index contributed by atoms with van der Waals surface area (Å²) in [7, 11) is 0. The first-order valence-electron chi connectivity index (χ1n) is 7.50. The molecule has 0 saturated carbocycles. The Morgan fingerprint density at radius 2 is 2.00 bits per heavy atom. The topological polar surface area (TPSA) is 32.7 Å². The van der Waals surface area contributed by atoms with Crippen LogP contribution in [0.4, 0.5) is 0 Å². The van der Waals surface area contributed by atoms with E-state index in [-0.39, 0.29) is 6.10 Å². The highest BCUT2D eigenvalue weighted by Crippen LogP contribution is 2.25. The summed E-state index contributed by atoms with van der Waals surface area (Å²) in [5.74, 6) is 0.352. The van der Waals surface area contributed by atoms with Gasteiger partial charge in [0.1, 0.15) is 5.75 Å². The van der Waals surface area contributed by atoms with Crippen LogP contribution >= 0.6 is 11.6 Å². The van der Waals surface area contributed by atoms with Crippen LogP contribution in [0, 0.1) is 6.92 Å². The fourth-order valence-corrected chi connectivity index (χ4v) is 2.93. The summed E-state index contributed by atoms with van der Waals surface area (Å²) >= 11 is 5.94. The number of rotatable bonds is 3. The van der Waals surface area contributed by atoms with E-state index >= 15 is 0 Å². The molecule has 3 nitrogen and oxygen atoms in total. The van der Waals surface area contributed by atoms with E-state index in [4.69, 9.17) is 16.3 Å². The molecule has 1 atom stereocenters. The highest BCUT2D eigenvalue weighted by atomic mass is 35.5. The average Bonchev–Trinajstić information content (AvgIpc) is 2.52. The molecule has 0 radical (unpaired) electrons. The maximum Gasteiger partial charge on any atom is 0.118 e. The van der Waals surface area contributed by atoms with Gasteiger partial charge in [-0.05, 0) is 41.8 Å². The Bertz CT molecular complexity index is 642. The van der Waals surface area contributed by atoms with Crippen molar-refractivity contribution in [1.82, 2.24) is 4.90 Å². The van der Waals surface area contributed by atoms with Crippen molar-refractivity contribution in [3.8, 4) is 5.75 Å². The molecule has 2 aromatic carbocycles. The highest BCUT2D eigenvalue weighted by molar-refractivity contribution is 6.30. The van der Waals surface area contributed by atoms with Crippen LogP contribution in [0.15, 0.2) is 42.5 Å². The second-order valence-corrected chi connectivity index (χ2v) is 6.20. The number of halogens is 1.